The third-order valence-corrected chi connectivity index (χ3v) is 3.36. The predicted octanol–water partition coefficient (Wildman–Crippen LogP) is 4.91. The fraction of sp³-hybridized carbons (Fsp3) is 0.417. The maximum atomic E-state index is 13.5. The Morgan fingerprint density at radius 2 is 1.95 bits per heavy atom. The molecule has 0 N–H and O–H groups in total. The summed E-state index contributed by atoms with van der Waals surface area (Å²) in [4.78, 5) is 4.15. The second-order valence-corrected chi connectivity index (χ2v) is 4.96. The fourth-order valence-corrected chi connectivity index (χ4v) is 2.32. The van der Waals surface area contributed by atoms with Gasteiger partial charge in [0.05, 0.1) is 21.9 Å². The first-order chi connectivity index (χ1) is 9.31. The van der Waals surface area contributed by atoms with E-state index in [1.54, 1.807) is 0 Å². The molecule has 1 aromatic heterocycles. The molecule has 110 valence electrons. The van der Waals surface area contributed by atoms with E-state index in [-0.39, 0.29) is 23.9 Å². The van der Waals surface area contributed by atoms with Crippen LogP contribution in [0.25, 0.3) is 11.0 Å². The second-order valence-electron chi connectivity index (χ2n) is 4.29. The SMILES string of the molecule is Fc1cc2c(cc1Cl)nc(CCl)n2CCCC(F)(F)F. The Hall–Kier alpha value is -1.01. The molecule has 0 aliphatic heterocycles. The first-order valence-corrected chi connectivity index (χ1v) is 6.70. The summed E-state index contributed by atoms with van der Waals surface area (Å²) in [6.45, 7) is 0.0686. The van der Waals surface area contributed by atoms with E-state index in [0.29, 0.717) is 16.9 Å². The molecule has 0 saturated carbocycles. The van der Waals surface area contributed by atoms with Gasteiger partial charge in [0.1, 0.15) is 11.6 Å². The number of nitrogens with zero attached hydrogens (tertiary/aromatic N) is 2. The van der Waals surface area contributed by atoms with Gasteiger partial charge in [0.2, 0.25) is 0 Å². The molecule has 0 fully saturated rings. The molecule has 0 spiro atoms. The molecule has 0 aliphatic carbocycles. The van der Waals surface area contributed by atoms with Crippen LogP contribution >= 0.6 is 23.2 Å². The van der Waals surface area contributed by atoms with E-state index < -0.39 is 18.4 Å². The number of aryl methyl sites for hydroxylation is 1. The standard InChI is InChI=1S/C12H10Cl2F4N2/c13-6-11-19-9-4-7(14)8(15)5-10(9)20(11)3-1-2-12(16,17)18/h4-5H,1-3,6H2. The van der Waals surface area contributed by atoms with Crippen molar-refractivity contribution in [3.63, 3.8) is 0 Å². The lowest BCUT2D eigenvalue weighted by atomic mass is 10.2. The minimum Gasteiger partial charge on any atom is -0.327 e. The number of fused-ring (bicyclic) bond motifs is 1. The predicted molar refractivity (Wildman–Crippen MR) is 69.5 cm³/mol. The lowest BCUT2D eigenvalue weighted by Crippen LogP contribution is -2.10. The minimum absolute atomic E-state index is 0.0277. The minimum atomic E-state index is -4.22. The highest BCUT2D eigenvalue weighted by atomic mass is 35.5. The summed E-state index contributed by atoms with van der Waals surface area (Å²) in [5.41, 5.74) is 0.809. The van der Waals surface area contributed by atoms with Crippen molar-refractivity contribution >= 4 is 34.2 Å². The molecule has 1 heterocycles. The first-order valence-electron chi connectivity index (χ1n) is 5.78. The van der Waals surface area contributed by atoms with Crippen LogP contribution in [0.2, 0.25) is 5.02 Å². The van der Waals surface area contributed by atoms with Gasteiger partial charge in [-0.3, -0.25) is 0 Å². The van der Waals surface area contributed by atoms with Crippen molar-refractivity contribution in [1.82, 2.24) is 9.55 Å². The van der Waals surface area contributed by atoms with Crippen LogP contribution < -0.4 is 0 Å². The molecule has 2 rings (SSSR count). The van der Waals surface area contributed by atoms with Gasteiger partial charge >= 0.3 is 6.18 Å². The summed E-state index contributed by atoms with van der Waals surface area (Å²) in [6.07, 6.45) is -5.25. The smallest absolute Gasteiger partial charge is 0.327 e. The highest BCUT2D eigenvalue weighted by molar-refractivity contribution is 6.31. The number of alkyl halides is 4. The van der Waals surface area contributed by atoms with Gasteiger partial charge < -0.3 is 4.57 Å². The zero-order chi connectivity index (χ0) is 14.9. The van der Waals surface area contributed by atoms with E-state index in [1.807, 2.05) is 0 Å². The molecule has 1 aromatic carbocycles. The van der Waals surface area contributed by atoms with Crippen LogP contribution in [0, 0.1) is 5.82 Å². The topological polar surface area (TPSA) is 17.8 Å². The zero-order valence-electron chi connectivity index (χ0n) is 10.1. The molecule has 8 heteroatoms. The molecule has 0 radical (unpaired) electrons. The summed E-state index contributed by atoms with van der Waals surface area (Å²) >= 11 is 11.4. The third-order valence-electron chi connectivity index (χ3n) is 2.83. The quantitative estimate of drug-likeness (QED) is 0.576. The number of benzene rings is 1. The highest BCUT2D eigenvalue weighted by Gasteiger charge is 2.26. The van der Waals surface area contributed by atoms with Gasteiger partial charge in [-0.1, -0.05) is 11.6 Å². The zero-order valence-corrected chi connectivity index (χ0v) is 11.7. The van der Waals surface area contributed by atoms with Crippen molar-refractivity contribution in [3.05, 3.63) is 28.8 Å². The van der Waals surface area contributed by atoms with E-state index in [4.69, 9.17) is 23.2 Å². The van der Waals surface area contributed by atoms with Crippen LogP contribution in [0.4, 0.5) is 17.6 Å². The Kier molecular flexibility index (Phi) is 4.44. The average Bonchev–Trinajstić information content (AvgIpc) is 2.66. The number of rotatable bonds is 4. The van der Waals surface area contributed by atoms with Crippen LogP contribution in [0.5, 0.6) is 0 Å². The summed E-state index contributed by atoms with van der Waals surface area (Å²) in [7, 11) is 0. The molecule has 2 aromatic rings. The molecule has 0 saturated heterocycles. The largest absolute Gasteiger partial charge is 0.389 e. The summed E-state index contributed by atoms with van der Waals surface area (Å²) in [5, 5.41) is -0.0847. The van der Waals surface area contributed by atoms with Gasteiger partial charge in [-0.25, -0.2) is 9.37 Å². The van der Waals surface area contributed by atoms with E-state index in [0.717, 1.165) is 6.07 Å². The number of aromatic nitrogens is 2. The molecular weight excluding hydrogens is 319 g/mol. The van der Waals surface area contributed by atoms with Crippen molar-refractivity contribution in [1.29, 1.82) is 0 Å². The molecule has 0 unspecified atom stereocenters. The normalized spacial score (nSPS) is 12.3. The monoisotopic (exact) mass is 328 g/mol. The lowest BCUT2D eigenvalue weighted by molar-refractivity contribution is -0.135. The van der Waals surface area contributed by atoms with Crippen molar-refractivity contribution < 1.29 is 17.6 Å². The van der Waals surface area contributed by atoms with E-state index in [1.165, 1.54) is 10.6 Å². The Balaban J connectivity index is 2.33. The Bertz CT molecular complexity index is 622. The molecular formula is C12H10Cl2F4N2. The third kappa shape index (κ3) is 3.35. The molecule has 2 nitrogen and oxygen atoms in total. The number of halogens is 6. The van der Waals surface area contributed by atoms with Crippen molar-refractivity contribution in [2.75, 3.05) is 0 Å². The van der Waals surface area contributed by atoms with Crippen molar-refractivity contribution in [2.45, 2.75) is 31.4 Å². The van der Waals surface area contributed by atoms with Gasteiger partial charge in [-0.05, 0) is 12.5 Å². The first kappa shape index (κ1) is 15.4. The van der Waals surface area contributed by atoms with Crippen molar-refractivity contribution in [2.24, 2.45) is 0 Å². The maximum Gasteiger partial charge on any atom is 0.389 e. The summed E-state index contributed by atoms with van der Waals surface area (Å²) < 4.78 is 51.5. The summed E-state index contributed by atoms with van der Waals surface area (Å²) in [6, 6.07) is 2.50. The Morgan fingerprint density at radius 3 is 2.55 bits per heavy atom. The fourth-order valence-electron chi connectivity index (χ4n) is 1.96. The number of hydrogen-bond donors (Lipinski definition) is 0. The van der Waals surface area contributed by atoms with Crippen LogP contribution in [-0.2, 0) is 12.4 Å². The van der Waals surface area contributed by atoms with Gasteiger partial charge in [-0.2, -0.15) is 13.2 Å². The Morgan fingerprint density at radius 1 is 1.25 bits per heavy atom. The Labute approximate surface area is 122 Å². The molecule has 0 aliphatic rings. The van der Waals surface area contributed by atoms with Gasteiger partial charge in [0.15, 0.2) is 0 Å². The van der Waals surface area contributed by atoms with E-state index in [2.05, 4.69) is 4.98 Å². The number of hydrogen-bond acceptors (Lipinski definition) is 1. The second kappa shape index (κ2) is 5.77. The van der Waals surface area contributed by atoms with Gasteiger partial charge in [0, 0.05) is 19.0 Å². The van der Waals surface area contributed by atoms with Crippen LogP contribution in [0.15, 0.2) is 12.1 Å². The average molecular weight is 329 g/mol. The lowest BCUT2D eigenvalue weighted by Gasteiger charge is -2.09. The molecule has 0 bridgehead atoms. The van der Waals surface area contributed by atoms with Gasteiger partial charge in [0.25, 0.3) is 0 Å². The summed E-state index contributed by atoms with van der Waals surface area (Å²) in [5.74, 6) is -0.220. The maximum absolute atomic E-state index is 13.5. The molecule has 20 heavy (non-hydrogen) atoms. The molecule has 0 atom stereocenters. The highest BCUT2D eigenvalue weighted by Crippen LogP contribution is 2.26. The van der Waals surface area contributed by atoms with E-state index in [9.17, 15) is 17.6 Å². The number of imidazole rings is 1. The van der Waals surface area contributed by atoms with Crippen molar-refractivity contribution in [3.8, 4) is 0 Å². The van der Waals surface area contributed by atoms with Gasteiger partial charge in [-0.15, -0.1) is 11.6 Å². The van der Waals surface area contributed by atoms with E-state index >= 15 is 0 Å². The van der Waals surface area contributed by atoms with Crippen LogP contribution in [0.1, 0.15) is 18.7 Å². The van der Waals surface area contributed by atoms with Crippen LogP contribution in [-0.4, -0.2) is 15.7 Å². The van der Waals surface area contributed by atoms with Crippen LogP contribution in [0.3, 0.4) is 0 Å². The molecule has 0 amide bonds.